The van der Waals surface area contributed by atoms with E-state index in [2.05, 4.69) is 265 Å². The van der Waals surface area contributed by atoms with Crippen molar-refractivity contribution in [2.24, 2.45) is 0 Å². The van der Waals surface area contributed by atoms with E-state index in [-0.39, 0.29) is 0 Å². The van der Waals surface area contributed by atoms with Crippen molar-refractivity contribution in [1.29, 1.82) is 0 Å². The first-order chi connectivity index (χ1) is 34.8. The number of rotatable bonds is 4. The van der Waals surface area contributed by atoms with Gasteiger partial charge in [-0.15, -0.1) is 0 Å². The summed E-state index contributed by atoms with van der Waals surface area (Å²) in [6.07, 6.45) is 0.948. The average molecular weight is 889 g/mol. The molecule has 1 aliphatic heterocycles. The molecular formula is C68H44N2. The highest BCUT2D eigenvalue weighted by atomic mass is 15.2. The molecule has 0 aromatic heterocycles. The van der Waals surface area contributed by atoms with Gasteiger partial charge >= 0.3 is 0 Å². The highest BCUT2D eigenvalue weighted by molar-refractivity contribution is 6.05. The summed E-state index contributed by atoms with van der Waals surface area (Å²) in [6, 6.07) is 95.5. The molecule has 1 spiro atoms. The molecule has 2 heteroatoms. The van der Waals surface area contributed by atoms with Gasteiger partial charge in [0, 0.05) is 33.9 Å². The van der Waals surface area contributed by atoms with E-state index in [1.54, 1.807) is 0 Å². The van der Waals surface area contributed by atoms with Gasteiger partial charge < -0.3 is 9.80 Å². The molecule has 0 amide bonds. The van der Waals surface area contributed by atoms with Crippen LogP contribution in [0.5, 0.6) is 0 Å². The van der Waals surface area contributed by atoms with Crippen molar-refractivity contribution in [3.63, 3.8) is 0 Å². The molecule has 3 aliphatic carbocycles. The van der Waals surface area contributed by atoms with E-state index < -0.39 is 5.41 Å². The molecule has 0 saturated carbocycles. The third-order valence-corrected chi connectivity index (χ3v) is 15.6. The van der Waals surface area contributed by atoms with E-state index >= 15 is 0 Å². The fourth-order valence-corrected chi connectivity index (χ4v) is 12.9. The van der Waals surface area contributed by atoms with Crippen LogP contribution in [-0.2, 0) is 11.8 Å². The van der Waals surface area contributed by atoms with E-state index in [4.69, 9.17) is 0 Å². The standard InChI is InChI=1S/C68H44N2/c1-3-20-46(21-4-1)69(48-36-38-53-56-28-13-17-33-64(56)70(47-22-5-2-6-23-47)65-34-18-14-29-57(65)59(53)42-48)49-37-39-55-52-26-10-9-25-51(52)54-27-11-15-31-60(54)68(63(55)43-49)61-32-16-12-30-58(61)67-62(68)40-35-45-41-44-19-7-8-24-50(44)66(45)67/h1-40,42-43H,41H2. The third-order valence-electron chi connectivity index (χ3n) is 15.6. The summed E-state index contributed by atoms with van der Waals surface area (Å²) in [5, 5.41) is 0. The first kappa shape index (κ1) is 39.1. The van der Waals surface area contributed by atoms with Gasteiger partial charge in [-0.25, -0.2) is 0 Å². The fourth-order valence-electron chi connectivity index (χ4n) is 12.9. The second-order valence-corrected chi connectivity index (χ2v) is 19.1. The number of nitrogens with zero attached hydrogens (tertiary/aromatic N) is 2. The quantitative estimate of drug-likeness (QED) is 0.174. The maximum Gasteiger partial charge on any atom is 0.0726 e. The number of benzene rings is 11. The Bertz CT molecular complexity index is 3940. The molecular weight excluding hydrogens is 845 g/mol. The molecule has 11 aromatic rings. The van der Waals surface area contributed by atoms with Gasteiger partial charge in [-0.2, -0.15) is 0 Å². The molecule has 0 bridgehead atoms. The first-order valence-electron chi connectivity index (χ1n) is 24.5. The summed E-state index contributed by atoms with van der Waals surface area (Å²) < 4.78 is 0. The zero-order chi connectivity index (χ0) is 45.9. The minimum atomic E-state index is -0.640. The fraction of sp³-hybridized carbons (Fsp3) is 0.0294. The zero-order valence-corrected chi connectivity index (χ0v) is 38.4. The van der Waals surface area contributed by atoms with Crippen molar-refractivity contribution in [3.05, 3.63) is 288 Å². The highest BCUT2D eigenvalue weighted by Gasteiger charge is 2.51. The predicted octanol–water partition coefficient (Wildman–Crippen LogP) is 17.9. The molecule has 1 unspecified atom stereocenters. The number of hydrogen-bond donors (Lipinski definition) is 0. The van der Waals surface area contributed by atoms with Gasteiger partial charge in [0.15, 0.2) is 0 Å². The number of anilines is 6. The lowest BCUT2D eigenvalue weighted by Gasteiger charge is -2.36. The van der Waals surface area contributed by atoms with E-state index in [1.165, 1.54) is 100 Å². The van der Waals surface area contributed by atoms with Gasteiger partial charge in [-0.05, 0) is 156 Å². The molecule has 0 saturated heterocycles. The minimum Gasteiger partial charge on any atom is -0.310 e. The predicted molar refractivity (Wildman–Crippen MR) is 290 cm³/mol. The molecule has 2 nitrogen and oxygen atoms in total. The molecule has 15 rings (SSSR count). The van der Waals surface area contributed by atoms with Gasteiger partial charge in [0.2, 0.25) is 0 Å². The summed E-state index contributed by atoms with van der Waals surface area (Å²) in [5.74, 6) is 0. The molecule has 326 valence electrons. The Morgan fingerprint density at radius 3 is 1.50 bits per heavy atom. The van der Waals surface area contributed by atoms with Gasteiger partial charge in [0.25, 0.3) is 0 Å². The molecule has 0 N–H and O–H groups in total. The van der Waals surface area contributed by atoms with E-state index in [1.807, 2.05) is 0 Å². The van der Waals surface area contributed by atoms with Crippen LogP contribution in [0.25, 0.3) is 66.8 Å². The van der Waals surface area contributed by atoms with E-state index in [0.29, 0.717) is 0 Å². The summed E-state index contributed by atoms with van der Waals surface area (Å²) in [7, 11) is 0. The SMILES string of the molecule is c1ccc(N(c2ccc3c(c2)-c2ccccc2N(c2ccccc2)c2ccccc2-3)c2ccc3c(c2)C2(c4ccccc4-c4ccccc4-3)c3ccccc3-c3c2ccc2c3-c3ccccc3C2)cc1. The van der Waals surface area contributed by atoms with Crippen molar-refractivity contribution in [3.8, 4) is 66.8 Å². The van der Waals surface area contributed by atoms with Crippen LogP contribution < -0.4 is 9.80 Å². The van der Waals surface area contributed by atoms with Crippen LogP contribution in [0.2, 0.25) is 0 Å². The van der Waals surface area contributed by atoms with E-state index in [0.717, 1.165) is 40.5 Å². The van der Waals surface area contributed by atoms with Crippen LogP contribution in [0, 0.1) is 0 Å². The van der Waals surface area contributed by atoms with E-state index in [9.17, 15) is 0 Å². The lowest BCUT2D eigenvalue weighted by Crippen LogP contribution is -2.29. The van der Waals surface area contributed by atoms with Crippen LogP contribution >= 0.6 is 0 Å². The Hall–Kier alpha value is -8.98. The minimum absolute atomic E-state index is 0.640. The molecule has 11 aromatic carbocycles. The third kappa shape index (κ3) is 5.39. The second kappa shape index (κ2) is 15.0. The van der Waals surface area contributed by atoms with Gasteiger partial charge in [-0.1, -0.05) is 194 Å². The van der Waals surface area contributed by atoms with Gasteiger partial charge in [0.05, 0.1) is 16.8 Å². The number of hydrogen-bond acceptors (Lipinski definition) is 2. The lowest BCUT2D eigenvalue weighted by molar-refractivity contribution is 0.775. The molecule has 4 aliphatic rings. The van der Waals surface area contributed by atoms with Gasteiger partial charge in [0.1, 0.15) is 0 Å². The molecule has 0 fully saturated rings. The van der Waals surface area contributed by atoms with Gasteiger partial charge in [-0.3, -0.25) is 0 Å². The van der Waals surface area contributed by atoms with Crippen LogP contribution in [0.1, 0.15) is 33.4 Å². The molecule has 70 heavy (non-hydrogen) atoms. The number of fused-ring (bicyclic) bond motifs is 21. The van der Waals surface area contributed by atoms with Crippen LogP contribution in [0.4, 0.5) is 34.1 Å². The van der Waals surface area contributed by atoms with Crippen LogP contribution in [0.15, 0.2) is 255 Å². The Labute approximate surface area is 408 Å². The Kier molecular flexibility index (Phi) is 8.38. The molecule has 1 heterocycles. The van der Waals surface area contributed by atoms with Crippen molar-refractivity contribution in [2.75, 3.05) is 9.80 Å². The normalized spacial score (nSPS) is 14.8. The highest BCUT2D eigenvalue weighted by Crippen LogP contribution is 2.64. The topological polar surface area (TPSA) is 6.48 Å². The molecule has 0 radical (unpaired) electrons. The van der Waals surface area contributed by atoms with Crippen molar-refractivity contribution >= 4 is 34.1 Å². The first-order valence-corrected chi connectivity index (χ1v) is 24.5. The summed E-state index contributed by atoms with van der Waals surface area (Å²) in [6.45, 7) is 0. The van der Waals surface area contributed by atoms with Crippen molar-refractivity contribution in [1.82, 2.24) is 0 Å². The maximum atomic E-state index is 2.54. The summed E-state index contributed by atoms with van der Waals surface area (Å²) >= 11 is 0. The Morgan fingerprint density at radius 1 is 0.286 bits per heavy atom. The average Bonchev–Trinajstić information content (AvgIpc) is 3.88. The molecule has 1 atom stereocenters. The summed E-state index contributed by atoms with van der Waals surface area (Å²) in [4.78, 5) is 4.90. The second-order valence-electron chi connectivity index (χ2n) is 19.1. The Balaban J connectivity index is 1.02. The lowest BCUT2D eigenvalue weighted by atomic mass is 9.65. The largest absolute Gasteiger partial charge is 0.310 e. The number of para-hydroxylation sites is 4. The Morgan fingerprint density at radius 2 is 0.786 bits per heavy atom. The van der Waals surface area contributed by atoms with Crippen LogP contribution in [-0.4, -0.2) is 0 Å². The van der Waals surface area contributed by atoms with Crippen LogP contribution in [0.3, 0.4) is 0 Å². The van der Waals surface area contributed by atoms with Crippen molar-refractivity contribution in [2.45, 2.75) is 11.8 Å². The van der Waals surface area contributed by atoms with Crippen molar-refractivity contribution < 1.29 is 0 Å². The zero-order valence-electron chi connectivity index (χ0n) is 38.4. The maximum absolute atomic E-state index is 2.54. The smallest absolute Gasteiger partial charge is 0.0726 e. The summed E-state index contributed by atoms with van der Waals surface area (Å²) in [5.41, 5.74) is 29.4. The monoisotopic (exact) mass is 888 g/mol.